The lowest BCUT2D eigenvalue weighted by atomic mass is 9.98. The Balaban J connectivity index is 2.32. The summed E-state index contributed by atoms with van der Waals surface area (Å²) in [7, 11) is 0. The highest BCUT2D eigenvalue weighted by atomic mass is 16.5. The first kappa shape index (κ1) is 13.3. The Morgan fingerprint density at radius 3 is 2.68 bits per heavy atom. The zero-order chi connectivity index (χ0) is 13.8. The third kappa shape index (κ3) is 3.22. The second-order valence-corrected chi connectivity index (χ2v) is 4.63. The standard InChI is InChI=1S/C15H19N3O/c1-4-10(2)12-7-5-6-8-13(12)19-15-9-14(16)17-11(3)18-15/h5-10H,4H2,1-3H3,(H2,16,17,18). The maximum Gasteiger partial charge on any atom is 0.224 e. The second kappa shape index (κ2) is 5.69. The van der Waals surface area contributed by atoms with E-state index in [2.05, 4.69) is 29.9 Å². The molecule has 0 radical (unpaired) electrons. The van der Waals surface area contributed by atoms with Gasteiger partial charge in [0.2, 0.25) is 5.88 Å². The molecule has 1 heterocycles. The summed E-state index contributed by atoms with van der Waals surface area (Å²) in [4.78, 5) is 8.28. The van der Waals surface area contributed by atoms with Crippen LogP contribution in [0.1, 0.15) is 37.6 Å². The number of nitrogen functional groups attached to an aromatic ring is 1. The molecule has 0 amide bonds. The van der Waals surface area contributed by atoms with Gasteiger partial charge in [-0.2, -0.15) is 4.98 Å². The third-order valence-corrected chi connectivity index (χ3v) is 3.11. The van der Waals surface area contributed by atoms with Crippen LogP contribution in [0.3, 0.4) is 0 Å². The van der Waals surface area contributed by atoms with Crippen LogP contribution in [0.2, 0.25) is 0 Å². The van der Waals surface area contributed by atoms with E-state index < -0.39 is 0 Å². The van der Waals surface area contributed by atoms with Gasteiger partial charge in [-0.15, -0.1) is 0 Å². The second-order valence-electron chi connectivity index (χ2n) is 4.63. The zero-order valence-electron chi connectivity index (χ0n) is 11.6. The number of ether oxygens (including phenoxy) is 1. The molecule has 19 heavy (non-hydrogen) atoms. The summed E-state index contributed by atoms with van der Waals surface area (Å²) in [5.41, 5.74) is 6.89. The number of aryl methyl sites for hydroxylation is 1. The summed E-state index contributed by atoms with van der Waals surface area (Å²) in [6.07, 6.45) is 1.06. The Labute approximate surface area is 113 Å². The molecule has 2 aromatic rings. The number of nitrogens with zero attached hydrogens (tertiary/aromatic N) is 2. The van der Waals surface area contributed by atoms with Gasteiger partial charge in [-0.05, 0) is 30.9 Å². The van der Waals surface area contributed by atoms with Crippen molar-refractivity contribution < 1.29 is 4.74 Å². The van der Waals surface area contributed by atoms with Gasteiger partial charge in [-0.3, -0.25) is 0 Å². The highest BCUT2D eigenvalue weighted by molar-refractivity contribution is 5.40. The number of nitrogens with two attached hydrogens (primary N) is 1. The quantitative estimate of drug-likeness (QED) is 0.907. The number of aromatic nitrogens is 2. The number of rotatable bonds is 4. The molecule has 4 heteroatoms. The van der Waals surface area contributed by atoms with Crippen molar-refractivity contribution in [3.63, 3.8) is 0 Å². The van der Waals surface area contributed by atoms with Gasteiger partial charge in [0.1, 0.15) is 17.4 Å². The number of benzene rings is 1. The molecule has 0 fully saturated rings. The molecule has 0 saturated carbocycles. The van der Waals surface area contributed by atoms with Crippen LogP contribution in [-0.4, -0.2) is 9.97 Å². The van der Waals surface area contributed by atoms with Gasteiger partial charge in [0.25, 0.3) is 0 Å². The van der Waals surface area contributed by atoms with Crippen LogP contribution in [0.25, 0.3) is 0 Å². The first-order chi connectivity index (χ1) is 9.10. The molecule has 1 unspecified atom stereocenters. The van der Waals surface area contributed by atoms with E-state index >= 15 is 0 Å². The third-order valence-electron chi connectivity index (χ3n) is 3.11. The van der Waals surface area contributed by atoms with E-state index in [4.69, 9.17) is 10.5 Å². The molecule has 4 nitrogen and oxygen atoms in total. The molecule has 2 rings (SSSR count). The minimum Gasteiger partial charge on any atom is -0.439 e. The first-order valence-corrected chi connectivity index (χ1v) is 6.48. The monoisotopic (exact) mass is 257 g/mol. The summed E-state index contributed by atoms with van der Waals surface area (Å²) in [5.74, 6) is 2.78. The molecule has 100 valence electrons. The fourth-order valence-corrected chi connectivity index (χ4v) is 1.93. The smallest absolute Gasteiger partial charge is 0.224 e. The molecule has 0 aliphatic rings. The van der Waals surface area contributed by atoms with Crippen LogP contribution in [-0.2, 0) is 0 Å². The van der Waals surface area contributed by atoms with Crippen LogP contribution in [0.15, 0.2) is 30.3 Å². The van der Waals surface area contributed by atoms with E-state index in [0.29, 0.717) is 23.4 Å². The highest BCUT2D eigenvalue weighted by Crippen LogP contribution is 2.31. The van der Waals surface area contributed by atoms with E-state index in [-0.39, 0.29) is 0 Å². The topological polar surface area (TPSA) is 61.0 Å². The molecule has 0 saturated heterocycles. The zero-order valence-corrected chi connectivity index (χ0v) is 11.6. The van der Waals surface area contributed by atoms with Gasteiger partial charge in [0.05, 0.1) is 0 Å². The van der Waals surface area contributed by atoms with Gasteiger partial charge in [-0.25, -0.2) is 4.98 Å². The van der Waals surface area contributed by atoms with Gasteiger partial charge < -0.3 is 10.5 Å². The predicted molar refractivity (Wildman–Crippen MR) is 76.4 cm³/mol. The molecule has 2 N–H and O–H groups in total. The fourth-order valence-electron chi connectivity index (χ4n) is 1.93. The Hall–Kier alpha value is -2.10. The average molecular weight is 257 g/mol. The molecular formula is C15H19N3O. The number of para-hydroxylation sites is 1. The van der Waals surface area contributed by atoms with Gasteiger partial charge in [-0.1, -0.05) is 32.0 Å². The molecule has 1 atom stereocenters. The molecule has 0 aliphatic carbocycles. The molecule has 0 spiro atoms. The molecule has 1 aromatic heterocycles. The Morgan fingerprint density at radius 2 is 2.00 bits per heavy atom. The van der Waals surface area contributed by atoms with Gasteiger partial charge >= 0.3 is 0 Å². The van der Waals surface area contributed by atoms with E-state index in [1.807, 2.05) is 18.2 Å². The largest absolute Gasteiger partial charge is 0.439 e. The average Bonchev–Trinajstić information content (AvgIpc) is 2.37. The van der Waals surface area contributed by atoms with Crippen molar-refractivity contribution in [3.05, 3.63) is 41.7 Å². The Bertz CT molecular complexity index is 549. The van der Waals surface area contributed by atoms with Crippen LogP contribution in [0.4, 0.5) is 5.82 Å². The van der Waals surface area contributed by atoms with Crippen molar-refractivity contribution in [3.8, 4) is 11.6 Å². The molecule has 1 aromatic carbocycles. The number of hydrogen-bond donors (Lipinski definition) is 1. The number of hydrogen-bond acceptors (Lipinski definition) is 4. The van der Waals surface area contributed by atoms with Crippen molar-refractivity contribution in [1.82, 2.24) is 9.97 Å². The molecular weight excluding hydrogens is 238 g/mol. The van der Waals surface area contributed by atoms with Crippen molar-refractivity contribution in [2.45, 2.75) is 33.1 Å². The van der Waals surface area contributed by atoms with Crippen molar-refractivity contribution in [2.75, 3.05) is 5.73 Å². The van der Waals surface area contributed by atoms with E-state index in [0.717, 1.165) is 12.2 Å². The molecule has 0 aliphatic heterocycles. The number of anilines is 1. The van der Waals surface area contributed by atoms with E-state index in [9.17, 15) is 0 Å². The maximum atomic E-state index is 5.86. The predicted octanol–water partition coefficient (Wildman–Crippen LogP) is 3.67. The lowest BCUT2D eigenvalue weighted by molar-refractivity contribution is 0.449. The van der Waals surface area contributed by atoms with Gasteiger partial charge in [0, 0.05) is 6.07 Å². The van der Waals surface area contributed by atoms with Crippen LogP contribution >= 0.6 is 0 Å². The van der Waals surface area contributed by atoms with Crippen molar-refractivity contribution in [1.29, 1.82) is 0 Å². The Kier molecular flexibility index (Phi) is 4.00. The lowest BCUT2D eigenvalue weighted by Crippen LogP contribution is -2.00. The normalized spacial score (nSPS) is 12.2. The van der Waals surface area contributed by atoms with Crippen LogP contribution in [0, 0.1) is 6.92 Å². The SMILES string of the molecule is CCC(C)c1ccccc1Oc1cc(N)nc(C)n1. The summed E-state index contributed by atoms with van der Waals surface area (Å²) in [6.45, 7) is 6.14. The van der Waals surface area contributed by atoms with Crippen molar-refractivity contribution >= 4 is 5.82 Å². The summed E-state index contributed by atoms with van der Waals surface area (Å²) in [5, 5.41) is 0. The fraction of sp³-hybridized carbons (Fsp3) is 0.333. The van der Waals surface area contributed by atoms with E-state index in [1.54, 1.807) is 13.0 Å². The summed E-state index contributed by atoms with van der Waals surface area (Å²) in [6, 6.07) is 9.66. The highest BCUT2D eigenvalue weighted by Gasteiger charge is 2.11. The Morgan fingerprint density at radius 1 is 1.26 bits per heavy atom. The van der Waals surface area contributed by atoms with Gasteiger partial charge in [0.15, 0.2) is 0 Å². The summed E-state index contributed by atoms with van der Waals surface area (Å²) < 4.78 is 5.86. The van der Waals surface area contributed by atoms with Crippen molar-refractivity contribution in [2.24, 2.45) is 0 Å². The van der Waals surface area contributed by atoms with Crippen LogP contribution < -0.4 is 10.5 Å². The lowest BCUT2D eigenvalue weighted by Gasteiger charge is -2.15. The summed E-state index contributed by atoms with van der Waals surface area (Å²) >= 11 is 0. The minimum absolute atomic E-state index is 0.420. The van der Waals surface area contributed by atoms with E-state index in [1.165, 1.54) is 5.56 Å². The van der Waals surface area contributed by atoms with Crippen LogP contribution in [0.5, 0.6) is 11.6 Å². The minimum atomic E-state index is 0.420. The molecule has 0 bridgehead atoms. The maximum absolute atomic E-state index is 5.86. The first-order valence-electron chi connectivity index (χ1n) is 6.48.